The first kappa shape index (κ1) is 18.5. The van der Waals surface area contributed by atoms with Crippen LogP contribution in [0.3, 0.4) is 0 Å². The van der Waals surface area contributed by atoms with Crippen molar-refractivity contribution < 1.29 is 9.53 Å². The number of ether oxygens (including phenoxy) is 1. The quantitative estimate of drug-likeness (QED) is 0.431. The zero-order chi connectivity index (χ0) is 18.4. The molecule has 0 bridgehead atoms. The zero-order valence-electron chi connectivity index (χ0n) is 14.6. The first-order valence-electron chi connectivity index (χ1n) is 8.22. The van der Waals surface area contributed by atoms with E-state index in [-0.39, 0.29) is 12.6 Å². The number of carbonyl (C=O) groups excluding carboxylic acids is 1. The summed E-state index contributed by atoms with van der Waals surface area (Å²) in [6, 6.07) is 7.46. The van der Waals surface area contributed by atoms with E-state index in [4.69, 9.17) is 4.74 Å². The van der Waals surface area contributed by atoms with Gasteiger partial charge in [0.2, 0.25) is 0 Å². The molecule has 0 N–H and O–H groups in total. The maximum Gasteiger partial charge on any atom is 0.338 e. The highest BCUT2D eigenvalue weighted by atomic mass is 32.2. The van der Waals surface area contributed by atoms with Crippen molar-refractivity contribution in [1.82, 2.24) is 25.2 Å². The number of thioether (sulfide) groups is 1. The van der Waals surface area contributed by atoms with Crippen molar-refractivity contribution in [2.75, 3.05) is 0 Å². The average Bonchev–Trinajstić information content (AvgIpc) is 3.27. The molecule has 0 saturated heterocycles. The summed E-state index contributed by atoms with van der Waals surface area (Å²) in [6.07, 6.45) is 0.905. The van der Waals surface area contributed by atoms with E-state index in [0.717, 1.165) is 22.0 Å². The van der Waals surface area contributed by atoms with Crippen LogP contribution in [0.25, 0.3) is 0 Å². The van der Waals surface area contributed by atoms with Crippen molar-refractivity contribution in [2.24, 2.45) is 0 Å². The highest BCUT2D eigenvalue weighted by molar-refractivity contribution is 8.00. The number of hydrogen-bond acceptors (Lipinski definition) is 8. The normalized spacial score (nSPS) is 10.8. The fourth-order valence-electron chi connectivity index (χ4n) is 2.30. The second-order valence-corrected chi connectivity index (χ2v) is 7.68. The molecule has 26 heavy (non-hydrogen) atoms. The van der Waals surface area contributed by atoms with Gasteiger partial charge in [0.1, 0.15) is 4.34 Å². The minimum Gasteiger partial charge on any atom is -0.454 e. The van der Waals surface area contributed by atoms with Gasteiger partial charge in [0.25, 0.3) is 0 Å². The number of rotatable bonds is 8. The zero-order valence-corrected chi connectivity index (χ0v) is 16.2. The Labute approximate surface area is 159 Å². The molecule has 0 aliphatic heterocycles. The van der Waals surface area contributed by atoms with Crippen LogP contribution in [0.4, 0.5) is 0 Å². The van der Waals surface area contributed by atoms with E-state index < -0.39 is 0 Å². The predicted octanol–water partition coefficient (Wildman–Crippen LogP) is 3.50. The molecule has 0 radical (unpaired) electrons. The number of nitrogens with zero attached hydrogens (tertiary/aromatic N) is 5. The molecule has 9 heteroatoms. The van der Waals surface area contributed by atoms with E-state index in [0.29, 0.717) is 23.7 Å². The molecular formula is C17H19N5O2S2. The van der Waals surface area contributed by atoms with Gasteiger partial charge in [-0.3, -0.25) is 0 Å². The molecule has 3 aromatic rings. The number of benzene rings is 1. The van der Waals surface area contributed by atoms with Gasteiger partial charge in [0.05, 0.1) is 5.56 Å². The third-order valence-electron chi connectivity index (χ3n) is 3.56. The molecule has 1 aromatic carbocycles. The standard InChI is InChI=1S/C17H19N5O2S2/c1-3-8-22-15(19-20-21-22)9-24-16(23)14-7-5-4-6-13(14)11-26-17-18-12(2)10-25-17/h4-7,10H,3,8-9,11H2,1-2H3. The Bertz CT molecular complexity index is 877. The third kappa shape index (κ3) is 4.67. The lowest BCUT2D eigenvalue weighted by atomic mass is 10.1. The van der Waals surface area contributed by atoms with Gasteiger partial charge in [0, 0.05) is 23.4 Å². The lowest BCUT2D eigenvalue weighted by Gasteiger charge is -2.09. The van der Waals surface area contributed by atoms with Gasteiger partial charge in [-0.2, -0.15) is 0 Å². The van der Waals surface area contributed by atoms with Crippen LogP contribution in [0.2, 0.25) is 0 Å². The second kappa shape index (κ2) is 8.91. The van der Waals surface area contributed by atoms with Crippen LogP contribution in [0.5, 0.6) is 0 Å². The molecular weight excluding hydrogens is 370 g/mol. The van der Waals surface area contributed by atoms with Crippen molar-refractivity contribution in [3.63, 3.8) is 0 Å². The van der Waals surface area contributed by atoms with Crippen molar-refractivity contribution in [3.05, 3.63) is 52.3 Å². The summed E-state index contributed by atoms with van der Waals surface area (Å²) >= 11 is 3.22. The molecule has 0 aliphatic carbocycles. The predicted molar refractivity (Wildman–Crippen MR) is 100 cm³/mol. The van der Waals surface area contributed by atoms with E-state index in [1.807, 2.05) is 37.4 Å². The van der Waals surface area contributed by atoms with E-state index >= 15 is 0 Å². The molecule has 7 nitrogen and oxygen atoms in total. The van der Waals surface area contributed by atoms with Crippen LogP contribution in [0.1, 0.15) is 40.8 Å². The third-order valence-corrected chi connectivity index (χ3v) is 5.75. The fourth-order valence-corrected chi connectivity index (χ4v) is 4.16. The van der Waals surface area contributed by atoms with E-state index in [9.17, 15) is 4.79 Å². The Morgan fingerprint density at radius 1 is 1.35 bits per heavy atom. The molecule has 0 unspecified atom stereocenters. The maximum atomic E-state index is 12.5. The Hall–Kier alpha value is -2.26. The summed E-state index contributed by atoms with van der Waals surface area (Å²) in [7, 11) is 0. The minimum absolute atomic E-state index is 0.0545. The van der Waals surface area contributed by atoms with Crippen LogP contribution >= 0.6 is 23.1 Å². The van der Waals surface area contributed by atoms with Crippen molar-refractivity contribution in [3.8, 4) is 0 Å². The first-order chi connectivity index (χ1) is 12.7. The largest absolute Gasteiger partial charge is 0.454 e. The Morgan fingerprint density at radius 3 is 2.96 bits per heavy atom. The summed E-state index contributed by atoms with van der Waals surface area (Å²) in [5, 5.41) is 13.5. The summed E-state index contributed by atoms with van der Waals surface area (Å²) < 4.78 is 8.07. The Balaban J connectivity index is 1.64. The van der Waals surface area contributed by atoms with Crippen LogP contribution in [0.15, 0.2) is 34.0 Å². The van der Waals surface area contributed by atoms with Gasteiger partial charge in [-0.15, -0.1) is 16.4 Å². The molecule has 2 aromatic heterocycles. The minimum atomic E-state index is -0.373. The van der Waals surface area contributed by atoms with E-state index in [2.05, 4.69) is 20.5 Å². The summed E-state index contributed by atoms with van der Waals surface area (Å²) in [5.74, 6) is 0.832. The number of aromatic nitrogens is 5. The number of hydrogen-bond donors (Lipinski definition) is 0. The Kier molecular flexibility index (Phi) is 6.35. The van der Waals surface area contributed by atoms with Crippen LogP contribution in [-0.4, -0.2) is 31.2 Å². The van der Waals surface area contributed by atoms with Crippen LogP contribution in [0, 0.1) is 6.92 Å². The van der Waals surface area contributed by atoms with Gasteiger partial charge in [-0.05, 0) is 35.4 Å². The maximum absolute atomic E-state index is 12.5. The number of carbonyl (C=O) groups is 1. The lowest BCUT2D eigenvalue weighted by Crippen LogP contribution is -2.12. The van der Waals surface area contributed by atoms with Crippen LogP contribution in [-0.2, 0) is 23.6 Å². The molecule has 3 rings (SSSR count). The topological polar surface area (TPSA) is 82.8 Å². The highest BCUT2D eigenvalue weighted by Gasteiger charge is 2.15. The number of thiazole rings is 1. The molecule has 0 saturated carbocycles. The van der Waals surface area contributed by atoms with Gasteiger partial charge in [-0.1, -0.05) is 36.9 Å². The monoisotopic (exact) mass is 389 g/mol. The van der Waals surface area contributed by atoms with Crippen molar-refractivity contribution >= 4 is 29.1 Å². The molecule has 0 fully saturated rings. The Morgan fingerprint density at radius 2 is 2.19 bits per heavy atom. The number of tetrazole rings is 1. The summed E-state index contributed by atoms with van der Waals surface area (Å²) in [6.45, 7) is 4.76. The van der Waals surface area contributed by atoms with Crippen LogP contribution < -0.4 is 0 Å². The second-order valence-electron chi connectivity index (χ2n) is 5.60. The molecule has 136 valence electrons. The molecule has 0 atom stereocenters. The van der Waals surface area contributed by atoms with Gasteiger partial charge in [0.15, 0.2) is 12.4 Å². The number of esters is 1. The van der Waals surface area contributed by atoms with Gasteiger partial charge < -0.3 is 4.74 Å². The summed E-state index contributed by atoms with van der Waals surface area (Å²) in [5.41, 5.74) is 2.49. The van der Waals surface area contributed by atoms with E-state index in [1.54, 1.807) is 33.8 Å². The molecule has 0 spiro atoms. The smallest absolute Gasteiger partial charge is 0.338 e. The fraction of sp³-hybridized carbons (Fsp3) is 0.353. The average molecular weight is 390 g/mol. The molecule has 0 amide bonds. The summed E-state index contributed by atoms with van der Waals surface area (Å²) in [4.78, 5) is 17.0. The van der Waals surface area contributed by atoms with Crippen molar-refractivity contribution in [1.29, 1.82) is 0 Å². The number of aryl methyl sites for hydroxylation is 2. The van der Waals surface area contributed by atoms with E-state index in [1.165, 1.54) is 0 Å². The SMILES string of the molecule is CCCn1nnnc1COC(=O)c1ccccc1CSc1nc(C)cs1. The van der Waals surface area contributed by atoms with Gasteiger partial charge >= 0.3 is 5.97 Å². The lowest BCUT2D eigenvalue weighted by molar-refractivity contribution is 0.0455. The highest BCUT2D eigenvalue weighted by Crippen LogP contribution is 2.27. The first-order valence-corrected chi connectivity index (χ1v) is 10.1. The molecule has 2 heterocycles. The van der Waals surface area contributed by atoms with Gasteiger partial charge in [-0.25, -0.2) is 14.5 Å². The van der Waals surface area contributed by atoms with Crippen molar-refractivity contribution in [2.45, 2.75) is 43.5 Å². The molecule has 0 aliphatic rings.